The number of Topliss-reactive ketones (excluding diaryl/α,β-unsaturated/α-hetero) is 1. The van der Waals surface area contributed by atoms with Crippen LogP contribution < -0.4 is 14.1 Å². The topological polar surface area (TPSA) is 123 Å². The molecule has 2 aromatic carbocycles. The number of nitrogens with zero attached hydrogens (tertiary/aromatic N) is 2. The van der Waals surface area contributed by atoms with Gasteiger partial charge in [0, 0.05) is 34.5 Å². The number of hydrogen-bond acceptors (Lipinski definition) is 7. The maximum Gasteiger partial charge on any atom is 0.363 e. The van der Waals surface area contributed by atoms with Gasteiger partial charge in [-0.1, -0.05) is 44.5 Å². The first kappa shape index (κ1) is 32.6. The fourth-order valence-corrected chi connectivity index (χ4v) is 7.71. The molecule has 0 saturated carbocycles. The Balaban J connectivity index is 1.93. The fraction of sp³-hybridized carbons (Fsp3) is 0.533. The van der Waals surface area contributed by atoms with E-state index in [0.29, 0.717) is 52.8 Å². The van der Waals surface area contributed by atoms with Crippen LogP contribution in [0.5, 0.6) is 11.5 Å². The Morgan fingerprint density at radius 1 is 1.17 bits per heavy atom. The van der Waals surface area contributed by atoms with Gasteiger partial charge in [0.1, 0.15) is 18.4 Å². The molecule has 0 radical (unpaired) electrons. The number of amides is 1. The van der Waals surface area contributed by atoms with E-state index in [2.05, 4.69) is 0 Å². The second-order valence-corrected chi connectivity index (χ2v) is 14.5. The fourth-order valence-electron chi connectivity index (χ4n) is 6.48. The number of benzene rings is 2. The summed E-state index contributed by atoms with van der Waals surface area (Å²) in [6.45, 7) is 8.23. The van der Waals surface area contributed by atoms with Crippen LogP contribution in [-0.2, 0) is 18.9 Å². The molecule has 4 rings (SSSR count). The number of halogens is 1. The number of para-hydroxylation sites is 1. The molecule has 2 aromatic rings. The number of carbonyl (C=O) groups is 2. The number of quaternary nitrogens is 1. The molecule has 2 N–H and O–H groups in total. The lowest BCUT2D eigenvalue weighted by molar-refractivity contribution is -0.161. The number of carbonyl (C=O) groups excluding carboxylic acids is 2. The molecule has 12 heteroatoms. The summed E-state index contributed by atoms with van der Waals surface area (Å²) in [4.78, 5) is 46.8. The minimum Gasteiger partial charge on any atom is -0.493 e. The predicted molar refractivity (Wildman–Crippen MR) is 161 cm³/mol. The number of ether oxygens (including phenoxy) is 3. The van der Waals surface area contributed by atoms with Crippen molar-refractivity contribution in [1.82, 2.24) is 9.60 Å². The van der Waals surface area contributed by atoms with Crippen LogP contribution in [-0.4, -0.2) is 73.1 Å². The third-order valence-electron chi connectivity index (χ3n) is 8.09. The number of hydrogen-bond donors (Lipinski definition) is 2. The first-order valence-corrected chi connectivity index (χ1v) is 16.1. The lowest BCUT2D eigenvalue weighted by Crippen LogP contribution is -2.71. The van der Waals surface area contributed by atoms with Crippen molar-refractivity contribution in [3.63, 3.8) is 0 Å². The predicted octanol–water partition coefficient (Wildman–Crippen LogP) is 4.98. The SMILES string of the molecule is COc1cccc([C@H]2OCC(=O)[N+](CC(C)(C)C)(N3CCC(CP(=O)(O)O)[C@@H](C(C)=O)C3)c3ccc(Cl)cc32)c1OC. The molecule has 2 unspecified atom stereocenters. The Hall–Kier alpha value is -2.30. The number of piperidine rings is 1. The van der Waals surface area contributed by atoms with Crippen molar-refractivity contribution in [2.45, 2.75) is 40.2 Å². The summed E-state index contributed by atoms with van der Waals surface area (Å²) < 4.78 is 29.4. The number of methoxy groups -OCH3 is 2. The van der Waals surface area contributed by atoms with E-state index in [0.717, 1.165) is 0 Å². The third kappa shape index (κ3) is 6.60. The Kier molecular flexibility index (Phi) is 9.60. The summed E-state index contributed by atoms with van der Waals surface area (Å²) >= 11 is 6.57. The van der Waals surface area contributed by atoms with E-state index in [1.54, 1.807) is 32.4 Å². The lowest BCUT2D eigenvalue weighted by Gasteiger charge is -2.49. The van der Waals surface area contributed by atoms with Crippen LogP contribution >= 0.6 is 19.2 Å². The van der Waals surface area contributed by atoms with E-state index in [9.17, 15) is 23.9 Å². The van der Waals surface area contributed by atoms with Crippen LogP contribution in [0.15, 0.2) is 36.4 Å². The standard InChI is InChI=1S/C30H40ClN2O8P/c1-19(34)24-15-32(13-12-20(24)17-42(36,37)38)33(18-30(2,3)4)25-11-10-21(31)14-23(25)28(41-16-27(33)35)22-8-7-9-26(39-5)29(22)40-6/h7-11,14,20,24,28H,12-13,15-18H2,1-6H3,(H-,36,37,38)/p+1/t20?,24-,28-,33?/m1/s1. The van der Waals surface area contributed by atoms with Gasteiger partial charge in [0.15, 0.2) is 23.8 Å². The summed E-state index contributed by atoms with van der Waals surface area (Å²) in [6, 6.07) is 10.9. The third-order valence-corrected chi connectivity index (χ3v) is 9.27. The van der Waals surface area contributed by atoms with Gasteiger partial charge in [0.25, 0.3) is 0 Å². The monoisotopic (exact) mass is 623 g/mol. The molecular weight excluding hydrogens is 583 g/mol. The van der Waals surface area contributed by atoms with E-state index in [1.165, 1.54) is 6.92 Å². The van der Waals surface area contributed by atoms with Crippen molar-refractivity contribution in [3.05, 3.63) is 52.5 Å². The zero-order chi connectivity index (χ0) is 31.0. The Bertz CT molecular complexity index is 1390. The molecular formula is C30H41ClN2O8P+. The molecule has 0 aromatic heterocycles. The number of fused-ring (bicyclic) bond motifs is 1. The molecule has 42 heavy (non-hydrogen) atoms. The number of rotatable bonds is 8. The molecule has 0 bridgehead atoms. The van der Waals surface area contributed by atoms with Crippen molar-refractivity contribution in [2.75, 3.05) is 46.6 Å². The van der Waals surface area contributed by atoms with E-state index in [-0.39, 0.29) is 41.0 Å². The zero-order valence-corrected chi connectivity index (χ0v) is 26.7. The van der Waals surface area contributed by atoms with Crippen LogP contribution in [0.25, 0.3) is 0 Å². The van der Waals surface area contributed by atoms with Crippen molar-refractivity contribution in [2.24, 2.45) is 17.3 Å². The zero-order valence-electron chi connectivity index (χ0n) is 25.0. The quantitative estimate of drug-likeness (QED) is 0.310. The summed E-state index contributed by atoms with van der Waals surface area (Å²) in [5.41, 5.74) is 1.67. The second kappa shape index (κ2) is 12.4. The highest BCUT2D eigenvalue weighted by atomic mass is 35.5. The highest BCUT2D eigenvalue weighted by Crippen LogP contribution is 2.49. The van der Waals surface area contributed by atoms with Gasteiger partial charge in [-0.2, -0.15) is 0 Å². The first-order chi connectivity index (χ1) is 19.6. The highest BCUT2D eigenvalue weighted by molar-refractivity contribution is 7.51. The van der Waals surface area contributed by atoms with E-state index in [4.69, 9.17) is 25.8 Å². The van der Waals surface area contributed by atoms with Crippen LogP contribution in [0, 0.1) is 17.3 Å². The molecule has 2 aliphatic rings. The lowest BCUT2D eigenvalue weighted by atomic mass is 9.84. The molecule has 4 atom stereocenters. The Morgan fingerprint density at radius 2 is 1.88 bits per heavy atom. The molecule has 1 amide bonds. The minimum absolute atomic E-state index is 0.164. The van der Waals surface area contributed by atoms with Gasteiger partial charge in [-0.25, -0.2) is 4.79 Å². The molecule has 0 aliphatic carbocycles. The molecule has 2 heterocycles. The van der Waals surface area contributed by atoms with Crippen LogP contribution in [0.1, 0.15) is 51.3 Å². The first-order valence-electron chi connectivity index (χ1n) is 14.0. The Morgan fingerprint density at radius 3 is 2.48 bits per heavy atom. The van der Waals surface area contributed by atoms with Gasteiger partial charge in [0.2, 0.25) is 0 Å². The van der Waals surface area contributed by atoms with E-state index in [1.807, 2.05) is 44.0 Å². The summed E-state index contributed by atoms with van der Waals surface area (Å²) in [5, 5.41) is 2.45. The maximum atomic E-state index is 14.5. The van der Waals surface area contributed by atoms with Crippen LogP contribution in [0.4, 0.5) is 5.69 Å². The molecule has 1 fully saturated rings. The van der Waals surface area contributed by atoms with E-state index >= 15 is 0 Å². The minimum atomic E-state index is -4.35. The largest absolute Gasteiger partial charge is 0.493 e. The van der Waals surface area contributed by atoms with Crippen LogP contribution in [0.2, 0.25) is 5.02 Å². The second-order valence-electron chi connectivity index (χ2n) is 12.4. The summed E-state index contributed by atoms with van der Waals surface area (Å²) in [6.07, 6.45) is -0.738. The molecule has 1 saturated heterocycles. The molecule has 230 valence electrons. The summed E-state index contributed by atoms with van der Waals surface area (Å²) in [7, 11) is -1.25. The van der Waals surface area contributed by atoms with Crippen molar-refractivity contribution in [3.8, 4) is 11.5 Å². The van der Waals surface area contributed by atoms with Gasteiger partial charge >= 0.3 is 13.5 Å². The average molecular weight is 624 g/mol. The molecule has 0 spiro atoms. The normalized spacial score (nSPS) is 25.5. The van der Waals surface area contributed by atoms with Crippen molar-refractivity contribution >= 4 is 36.6 Å². The van der Waals surface area contributed by atoms with Gasteiger partial charge in [0.05, 0.1) is 32.5 Å². The molecule has 10 nitrogen and oxygen atoms in total. The number of ketones is 1. The maximum absolute atomic E-state index is 14.5. The smallest absolute Gasteiger partial charge is 0.363 e. The van der Waals surface area contributed by atoms with E-state index < -0.39 is 25.5 Å². The van der Waals surface area contributed by atoms with Gasteiger partial charge in [-0.15, -0.1) is 9.60 Å². The highest BCUT2D eigenvalue weighted by Gasteiger charge is 2.55. The average Bonchev–Trinajstić information content (AvgIpc) is 3.01. The van der Waals surface area contributed by atoms with Crippen LogP contribution in [0.3, 0.4) is 0 Å². The molecule has 2 aliphatic heterocycles. The van der Waals surface area contributed by atoms with Crippen molar-refractivity contribution < 1.29 is 38.2 Å². The summed E-state index contributed by atoms with van der Waals surface area (Å²) in [5.74, 6) is -0.525. The van der Waals surface area contributed by atoms with Gasteiger partial charge < -0.3 is 24.0 Å². The van der Waals surface area contributed by atoms with Crippen molar-refractivity contribution in [1.29, 1.82) is 0 Å². The van der Waals surface area contributed by atoms with Gasteiger partial charge in [-0.3, -0.25) is 9.36 Å². The Labute approximate surface area is 252 Å². The van der Waals surface area contributed by atoms with Gasteiger partial charge in [-0.05, 0) is 37.5 Å².